The van der Waals surface area contributed by atoms with Crippen molar-refractivity contribution in [2.75, 3.05) is 13.1 Å². The Bertz CT molecular complexity index is 520. The summed E-state index contributed by atoms with van der Waals surface area (Å²) < 4.78 is 5.76. The molecule has 1 aliphatic heterocycles. The normalized spacial score (nSPS) is 21.3. The van der Waals surface area contributed by atoms with Crippen molar-refractivity contribution >= 4 is 5.91 Å². The highest BCUT2D eigenvalue weighted by Crippen LogP contribution is 2.25. The zero-order chi connectivity index (χ0) is 15.5. The lowest BCUT2D eigenvalue weighted by atomic mass is 9.92. The Morgan fingerprint density at radius 1 is 1.36 bits per heavy atom. The van der Waals surface area contributed by atoms with E-state index in [4.69, 9.17) is 4.74 Å². The monoisotopic (exact) mass is 304 g/mol. The Morgan fingerprint density at radius 3 is 2.68 bits per heavy atom. The summed E-state index contributed by atoms with van der Waals surface area (Å²) in [5, 5.41) is 9.64. The van der Waals surface area contributed by atoms with E-state index in [1.54, 1.807) is 18.3 Å². The number of aromatic nitrogens is 1. The minimum atomic E-state index is -0.291. The van der Waals surface area contributed by atoms with Gasteiger partial charge in [0.1, 0.15) is 6.10 Å². The molecule has 120 valence electrons. The van der Waals surface area contributed by atoms with Gasteiger partial charge in [0.2, 0.25) is 5.88 Å². The molecular formula is C17H24N2O3. The molecule has 2 aliphatic rings. The quantitative estimate of drug-likeness (QED) is 0.926. The van der Waals surface area contributed by atoms with E-state index >= 15 is 0 Å². The van der Waals surface area contributed by atoms with Crippen LogP contribution in [-0.2, 0) is 0 Å². The highest BCUT2D eigenvalue weighted by molar-refractivity contribution is 5.94. The molecule has 0 spiro atoms. The molecule has 5 nitrogen and oxygen atoms in total. The lowest BCUT2D eigenvalue weighted by Crippen LogP contribution is -2.40. The number of carbonyl (C=O) groups is 1. The van der Waals surface area contributed by atoms with E-state index in [2.05, 4.69) is 4.98 Å². The second kappa shape index (κ2) is 6.65. The summed E-state index contributed by atoms with van der Waals surface area (Å²) in [6, 6.07) is 3.50. The molecule has 0 bridgehead atoms. The molecule has 22 heavy (non-hydrogen) atoms. The number of nitrogens with zero attached hydrogens (tertiary/aromatic N) is 2. The number of amides is 1. The van der Waals surface area contributed by atoms with E-state index in [0.29, 0.717) is 30.5 Å². The predicted octanol–water partition coefficient (Wildman–Crippen LogP) is 2.25. The van der Waals surface area contributed by atoms with Crippen LogP contribution in [0.15, 0.2) is 18.3 Å². The van der Waals surface area contributed by atoms with E-state index < -0.39 is 0 Å². The average molecular weight is 304 g/mol. The Kier molecular flexibility index (Phi) is 4.62. The van der Waals surface area contributed by atoms with Gasteiger partial charge in [-0.3, -0.25) is 4.79 Å². The van der Waals surface area contributed by atoms with Gasteiger partial charge in [-0.25, -0.2) is 4.98 Å². The van der Waals surface area contributed by atoms with E-state index in [0.717, 1.165) is 25.7 Å². The molecule has 1 unspecified atom stereocenters. The van der Waals surface area contributed by atoms with Gasteiger partial charge in [0.25, 0.3) is 5.91 Å². The predicted molar refractivity (Wildman–Crippen MR) is 82.8 cm³/mol. The van der Waals surface area contributed by atoms with Crippen LogP contribution in [0.25, 0.3) is 0 Å². The number of pyridine rings is 1. The van der Waals surface area contributed by atoms with Gasteiger partial charge in [-0.1, -0.05) is 0 Å². The highest BCUT2D eigenvalue weighted by atomic mass is 16.5. The maximum atomic E-state index is 12.6. The Balaban J connectivity index is 1.61. The first-order chi connectivity index (χ1) is 10.6. The first kappa shape index (κ1) is 15.3. The number of likely N-dealkylation sites (tertiary alicyclic amines) is 1. The van der Waals surface area contributed by atoms with Crippen molar-refractivity contribution in [1.82, 2.24) is 9.88 Å². The zero-order valence-electron chi connectivity index (χ0n) is 13.1. The van der Waals surface area contributed by atoms with Crippen molar-refractivity contribution in [3.63, 3.8) is 0 Å². The number of hydrogen-bond acceptors (Lipinski definition) is 4. The fraction of sp³-hybridized carbons (Fsp3) is 0.647. The Morgan fingerprint density at radius 2 is 2.09 bits per heavy atom. The molecule has 1 N–H and O–H groups in total. The molecule has 1 aromatic rings. The van der Waals surface area contributed by atoms with Gasteiger partial charge < -0.3 is 14.7 Å². The fourth-order valence-corrected chi connectivity index (χ4v) is 3.03. The van der Waals surface area contributed by atoms with Crippen molar-refractivity contribution in [3.05, 3.63) is 23.9 Å². The third kappa shape index (κ3) is 3.40. The fourth-order valence-electron chi connectivity index (χ4n) is 3.03. The van der Waals surface area contributed by atoms with Crippen molar-refractivity contribution in [2.45, 2.75) is 51.2 Å². The van der Waals surface area contributed by atoms with Gasteiger partial charge in [0.15, 0.2) is 0 Å². The molecule has 1 aliphatic carbocycles. The summed E-state index contributed by atoms with van der Waals surface area (Å²) in [5.41, 5.74) is 0.639. The summed E-state index contributed by atoms with van der Waals surface area (Å²) in [6.45, 7) is 3.24. The molecule has 5 heteroatoms. The number of hydrogen-bond donors (Lipinski definition) is 1. The molecule has 2 heterocycles. The Labute approximate surface area is 131 Å². The second-order valence-electron chi connectivity index (χ2n) is 6.42. The minimum Gasteiger partial charge on any atom is -0.474 e. The molecule has 1 atom stereocenters. The lowest BCUT2D eigenvalue weighted by molar-refractivity contribution is 0.0520. The van der Waals surface area contributed by atoms with Crippen LogP contribution in [0.1, 0.15) is 49.4 Å². The topological polar surface area (TPSA) is 62.7 Å². The van der Waals surface area contributed by atoms with Crippen LogP contribution in [0.4, 0.5) is 0 Å². The van der Waals surface area contributed by atoms with Gasteiger partial charge in [-0.2, -0.15) is 0 Å². The number of piperidine rings is 1. The molecular weight excluding hydrogens is 280 g/mol. The largest absolute Gasteiger partial charge is 0.474 e. The number of rotatable bonds is 4. The highest BCUT2D eigenvalue weighted by Gasteiger charge is 2.26. The van der Waals surface area contributed by atoms with Crippen LogP contribution in [0.2, 0.25) is 0 Å². The summed E-state index contributed by atoms with van der Waals surface area (Å²) >= 11 is 0. The van der Waals surface area contributed by atoms with Gasteiger partial charge in [0, 0.05) is 30.9 Å². The minimum absolute atomic E-state index is 0.0323. The standard InChI is InChI=1S/C17H24N2O3/c1-12(20)13-6-9-19(10-7-13)17(21)14-5-8-18-16(11-14)22-15-3-2-4-15/h5,8,11-13,15,20H,2-4,6-7,9-10H2,1H3. The van der Waals surface area contributed by atoms with Crippen molar-refractivity contribution in [1.29, 1.82) is 0 Å². The van der Waals surface area contributed by atoms with Crippen LogP contribution in [-0.4, -0.2) is 46.2 Å². The molecule has 3 rings (SSSR count). The maximum absolute atomic E-state index is 12.6. The van der Waals surface area contributed by atoms with Crippen molar-refractivity contribution in [3.8, 4) is 5.88 Å². The zero-order valence-corrected chi connectivity index (χ0v) is 13.1. The molecule has 1 saturated heterocycles. The molecule has 1 saturated carbocycles. The van der Waals surface area contributed by atoms with Crippen LogP contribution >= 0.6 is 0 Å². The SMILES string of the molecule is CC(O)C1CCN(C(=O)c2ccnc(OC3CCC3)c2)CC1. The smallest absolute Gasteiger partial charge is 0.254 e. The first-order valence-electron chi connectivity index (χ1n) is 8.23. The van der Waals surface area contributed by atoms with Crippen molar-refractivity contribution < 1.29 is 14.6 Å². The van der Waals surface area contributed by atoms with Crippen LogP contribution in [0.5, 0.6) is 5.88 Å². The van der Waals surface area contributed by atoms with Crippen LogP contribution < -0.4 is 4.74 Å². The molecule has 0 aromatic carbocycles. The van der Waals surface area contributed by atoms with E-state index in [1.165, 1.54) is 6.42 Å². The lowest BCUT2D eigenvalue weighted by Gasteiger charge is -2.33. The van der Waals surface area contributed by atoms with Crippen LogP contribution in [0.3, 0.4) is 0 Å². The molecule has 1 amide bonds. The van der Waals surface area contributed by atoms with Crippen molar-refractivity contribution in [2.24, 2.45) is 5.92 Å². The van der Waals surface area contributed by atoms with E-state index in [-0.39, 0.29) is 18.1 Å². The third-order valence-corrected chi connectivity index (χ3v) is 4.83. The van der Waals surface area contributed by atoms with Gasteiger partial charge >= 0.3 is 0 Å². The average Bonchev–Trinajstić information content (AvgIpc) is 2.50. The van der Waals surface area contributed by atoms with E-state index in [9.17, 15) is 9.90 Å². The number of ether oxygens (including phenoxy) is 1. The number of aliphatic hydroxyl groups excluding tert-OH is 1. The summed E-state index contributed by atoms with van der Waals surface area (Å²) in [5.74, 6) is 0.887. The maximum Gasteiger partial charge on any atom is 0.254 e. The third-order valence-electron chi connectivity index (χ3n) is 4.83. The van der Waals surface area contributed by atoms with Crippen LogP contribution in [0, 0.1) is 5.92 Å². The molecule has 2 fully saturated rings. The Hall–Kier alpha value is -1.62. The van der Waals surface area contributed by atoms with Gasteiger partial charge in [-0.05, 0) is 51.0 Å². The summed E-state index contributed by atoms with van der Waals surface area (Å²) in [6.07, 6.45) is 6.70. The second-order valence-corrected chi connectivity index (χ2v) is 6.42. The number of carbonyl (C=O) groups excluding carboxylic acids is 1. The number of aliphatic hydroxyl groups is 1. The molecule has 0 radical (unpaired) electrons. The first-order valence-corrected chi connectivity index (χ1v) is 8.23. The summed E-state index contributed by atoms with van der Waals surface area (Å²) in [7, 11) is 0. The van der Waals surface area contributed by atoms with Gasteiger partial charge in [-0.15, -0.1) is 0 Å². The van der Waals surface area contributed by atoms with Gasteiger partial charge in [0.05, 0.1) is 6.10 Å². The van der Waals surface area contributed by atoms with E-state index in [1.807, 2.05) is 11.8 Å². The summed E-state index contributed by atoms with van der Waals surface area (Å²) in [4.78, 5) is 18.6. The molecule has 1 aromatic heterocycles.